The maximum absolute atomic E-state index is 12.7. The molecule has 0 radical (unpaired) electrons. The molecule has 1 saturated heterocycles. The molecule has 0 aliphatic carbocycles. The highest BCUT2D eigenvalue weighted by molar-refractivity contribution is 6.36. The Balaban J connectivity index is 1.61. The number of methoxy groups -OCH3 is 1. The fourth-order valence-electron chi connectivity index (χ4n) is 3.35. The predicted molar refractivity (Wildman–Crippen MR) is 110 cm³/mol. The molecule has 2 aromatic rings. The number of piperazine rings is 1. The summed E-state index contributed by atoms with van der Waals surface area (Å²) in [6, 6.07) is 14.8. The zero-order valence-corrected chi connectivity index (χ0v) is 17.1. The van der Waals surface area contributed by atoms with E-state index >= 15 is 0 Å². The highest BCUT2D eigenvalue weighted by Crippen LogP contribution is 2.26. The Hall–Kier alpha value is -2.26. The third-order valence-electron chi connectivity index (χ3n) is 4.98. The number of rotatable bonds is 5. The van der Waals surface area contributed by atoms with Crippen LogP contribution >= 0.6 is 23.2 Å². The highest BCUT2D eigenvalue weighted by atomic mass is 35.5. The Kier molecular flexibility index (Phi) is 6.79. The normalized spacial score (nSPS) is 15.7. The summed E-state index contributed by atoms with van der Waals surface area (Å²) in [4.78, 5) is 16.6. The number of carbonyl (C=O) groups excluding carboxylic acids is 1. The summed E-state index contributed by atoms with van der Waals surface area (Å²) >= 11 is 12.4. The molecular formula is C21H21Cl2N3O2. The molecular weight excluding hydrogens is 397 g/mol. The number of hydrogen-bond acceptors (Lipinski definition) is 4. The van der Waals surface area contributed by atoms with Crippen LogP contribution in [0.4, 0.5) is 0 Å². The van der Waals surface area contributed by atoms with Crippen LogP contribution in [0.5, 0.6) is 5.75 Å². The first-order chi connectivity index (χ1) is 13.5. The Morgan fingerprint density at radius 3 is 2.25 bits per heavy atom. The molecule has 0 spiro atoms. The molecule has 0 aromatic heterocycles. The van der Waals surface area contributed by atoms with E-state index in [4.69, 9.17) is 27.9 Å². The van der Waals surface area contributed by atoms with Crippen molar-refractivity contribution in [2.75, 3.05) is 33.3 Å². The summed E-state index contributed by atoms with van der Waals surface area (Å²) < 4.78 is 5.17. The van der Waals surface area contributed by atoms with Crippen molar-refractivity contribution in [2.24, 2.45) is 0 Å². The summed E-state index contributed by atoms with van der Waals surface area (Å²) in [6.07, 6.45) is 0.179. The lowest BCUT2D eigenvalue weighted by Crippen LogP contribution is -2.49. The van der Waals surface area contributed by atoms with Crippen molar-refractivity contribution >= 4 is 29.1 Å². The Morgan fingerprint density at radius 1 is 1.11 bits per heavy atom. The Labute approximate surface area is 175 Å². The highest BCUT2D eigenvalue weighted by Gasteiger charge is 2.27. The fraction of sp³-hybridized carbons (Fsp3) is 0.333. The molecule has 1 atom stereocenters. The summed E-state index contributed by atoms with van der Waals surface area (Å²) in [5.74, 6) is 0.752. The van der Waals surface area contributed by atoms with Crippen LogP contribution in [-0.2, 0) is 11.2 Å². The smallest absolute Gasteiger partial charge is 0.227 e. The maximum atomic E-state index is 12.7. The lowest BCUT2D eigenvalue weighted by Gasteiger charge is -2.37. The molecule has 0 saturated carbocycles. The van der Waals surface area contributed by atoms with Gasteiger partial charge in [-0.3, -0.25) is 9.69 Å². The lowest BCUT2D eigenvalue weighted by atomic mass is 10.0. The van der Waals surface area contributed by atoms with Crippen molar-refractivity contribution in [3.63, 3.8) is 0 Å². The van der Waals surface area contributed by atoms with Crippen LogP contribution in [0.2, 0.25) is 10.0 Å². The fourth-order valence-corrected chi connectivity index (χ4v) is 3.88. The van der Waals surface area contributed by atoms with Crippen LogP contribution in [0, 0.1) is 11.3 Å². The van der Waals surface area contributed by atoms with Gasteiger partial charge in [0.05, 0.1) is 19.6 Å². The molecule has 2 aromatic carbocycles. The minimum Gasteiger partial charge on any atom is -0.497 e. The second-order valence-corrected chi connectivity index (χ2v) is 7.41. The van der Waals surface area contributed by atoms with Gasteiger partial charge in [0.1, 0.15) is 11.8 Å². The van der Waals surface area contributed by atoms with Gasteiger partial charge in [0, 0.05) is 36.2 Å². The molecule has 1 fully saturated rings. The SMILES string of the molecule is COc1ccc(C(C#N)N2CCN(C(=O)Cc3c(Cl)cccc3Cl)CC2)cc1. The molecule has 1 aliphatic rings. The van der Waals surface area contributed by atoms with Gasteiger partial charge < -0.3 is 9.64 Å². The van der Waals surface area contributed by atoms with Crippen LogP contribution in [-0.4, -0.2) is 49.0 Å². The van der Waals surface area contributed by atoms with Gasteiger partial charge in [-0.15, -0.1) is 0 Å². The van der Waals surface area contributed by atoms with Crippen molar-refractivity contribution in [2.45, 2.75) is 12.5 Å². The van der Waals surface area contributed by atoms with Crippen molar-refractivity contribution in [1.29, 1.82) is 5.26 Å². The first-order valence-electron chi connectivity index (χ1n) is 9.01. The molecule has 3 rings (SSSR count). The molecule has 1 unspecified atom stereocenters. The Bertz CT molecular complexity index is 852. The summed E-state index contributed by atoms with van der Waals surface area (Å²) in [6.45, 7) is 2.39. The number of carbonyl (C=O) groups is 1. The van der Waals surface area contributed by atoms with E-state index in [1.54, 1.807) is 30.2 Å². The molecule has 28 heavy (non-hydrogen) atoms. The quantitative estimate of drug-likeness (QED) is 0.738. The Morgan fingerprint density at radius 2 is 1.71 bits per heavy atom. The number of benzene rings is 2. The van der Waals surface area contributed by atoms with Crippen LogP contribution in [0.3, 0.4) is 0 Å². The second-order valence-electron chi connectivity index (χ2n) is 6.60. The number of nitriles is 1. The van der Waals surface area contributed by atoms with Gasteiger partial charge in [0.15, 0.2) is 0 Å². The molecule has 7 heteroatoms. The number of hydrogen-bond donors (Lipinski definition) is 0. The zero-order chi connectivity index (χ0) is 20.1. The second kappa shape index (κ2) is 9.29. The molecule has 1 aliphatic heterocycles. The van der Waals surface area contributed by atoms with Crippen molar-refractivity contribution in [3.05, 3.63) is 63.6 Å². The van der Waals surface area contributed by atoms with E-state index in [9.17, 15) is 10.1 Å². The monoisotopic (exact) mass is 417 g/mol. The lowest BCUT2D eigenvalue weighted by molar-refractivity contribution is -0.132. The molecule has 0 N–H and O–H groups in total. The summed E-state index contributed by atoms with van der Waals surface area (Å²) in [5, 5.41) is 10.7. The number of amides is 1. The van der Waals surface area contributed by atoms with E-state index < -0.39 is 0 Å². The molecule has 1 heterocycles. The average Bonchev–Trinajstić information content (AvgIpc) is 2.72. The van der Waals surface area contributed by atoms with Crippen molar-refractivity contribution in [3.8, 4) is 11.8 Å². The van der Waals surface area contributed by atoms with E-state index in [0.717, 1.165) is 11.3 Å². The van der Waals surface area contributed by atoms with Gasteiger partial charge in [-0.2, -0.15) is 5.26 Å². The molecule has 146 valence electrons. The van der Waals surface area contributed by atoms with E-state index in [1.807, 2.05) is 24.3 Å². The topological polar surface area (TPSA) is 56.6 Å². The van der Waals surface area contributed by atoms with Crippen LogP contribution in [0.1, 0.15) is 17.2 Å². The third kappa shape index (κ3) is 4.59. The van der Waals surface area contributed by atoms with E-state index in [-0.39, 0.29) is 18.4 Å². The summed E-state index contributed by atoms with van der Waals surface area (Å²) in [7, 11) is 1.61. The minimum atomic E-state index is -0.346. The summed E-state index contributed by atoms with van der Waals surface area (Å²) in [5.41, 5.74) is 1.58. The van der Waals surface area contributed by atoms with Gasteiger partial charge in [0.2, 0.25) is 5.91 Å². The van der Waals surface area contributed by atoms with E-state index in [0.29, 0.717) is 41.8 Å². The molecule has 1 amide bonds. The number of nitrogens with zero attached hydrogens (tertiary/aromatic N) is 3. The largest absolute Gasteiger partial charge is 0.497 e. The first-order valence-corrected chi connectivity index (χ1v) is 9.77. The maximum Gasteiger partial charge on any atom is 0.227 e. The average molecular weight is 418 g/mol. The molecule has 0 bridgehead atoms. The van der Waals surface area contributed by atoms with Gasteiger partial charge in [-0.05, 0) is 35.4 Å². The van der Waals surface area contributed by atoms with Crippen molar-refractivity contribution < 1.29 is 9.53 Å². The van der Waals surface area contributed by atoms with E-state index in [1.165, 1.54) is 0 Å². The predicted octanol–water partition coefficient (Wildman–Crippen LogP) is 3.95. The van der Waals surface area contributed by atoms with Gasteiger partial charge >= 0.3 is 0 Å². The van der Waals surface area contributed by atoms with Crippen LogP contribution < -0.4 is 4.74 Å². The van der Waals surface area contributed by atoms with Crippen LogP contribution in [0.25, 0.3) is 0 Å². The van der Waals surface area contributed by atoms with Gasteiger partial charge in [0.25, 0.3) is 0 Å². The minimum absolute atomic E-state index is 0.00685. The first kappa shape index (κ1) is 20.5. The van der Waals surface area contributed by atoms with Gasteiger partial charge in [-0.1, -0.05) is 41.4 Å². The van der Waals surface area contributed by atoms with Crippen LogP contribution in [0.15, 0.2) is 42.5 Å². The zero-order valence-electron chi connectivity index (χ0n) is 15.6. The third-order valence-corrected chi connectivity index (χ3v) is 5.68. The number of halogens is 2. The van der Waals surface area contributed by atoms with Crippen molar-refractivity contribution in [1.82, 2.24) is 9.80 Å². The van der Waals surface area contributed by atoms with Gasteiger partial charge in [-0.25, -0.2) is 0 Å². The number of ether oxygens (including phenoxy) is 1. The standard InChI is InChI=1S/C21H21Cl2N3O2/c1-28-16-7-5-15(6-8-16)20(14-24)25-9-11-26(12-10-25)21(27)13-17-18(22)3-2-4-19(17)23/h2-8,20H,9-13H2,1H3. The molecule has 5 nitrogen and oxygen atoms in total. The van der Waals surface area contributed by atoms with E-state index in [2.05, 4.69) is 11.0 Å².